The molecule has 6 heteroatoms. The van der Waals surface area contributed by atoms with Crippen LogP contribution >= 0.6 is 0 Å². The fraction of sp³-hybridized carbons (Fsp3) is 0.421. The highest BCUT2D eigenvalue weighted by Gasteiger charge is 2.28. The number of likely N-dealkylation sites (N-methyl/N-ethyl adjacent to an activating group) is 1. The Kier molecular flexibility index (Phi) is 4.26. The molecule has 0 atom stereocenters. The summed E-state index contributed by atoms with van der Waals surface area (Å²) in [4.78, 5) is 26.0. The van der Waals surface area contributed by atoms with Crippen LogP contribution in [0.25, 0.3) is 17.1 Å². The Labute approximate surface area is 147 Å². The number of benzene rings is 1. The van der Waals surface area contributed by atoms with Crippen LogP contribution in [-0.4, -0.2) is 39.8 Å². The molecule has 2 heterocycles. The highest BCUT2D eigenvalue weighted by molar-refractivity contribution is 6.13. The first kappa shape index (κ1) is 15.9. The molecule has 1 saturated carbocycles. The second-order valence-electron chi connectivity index (χ2n) is 6.84. The number of amides is 1. The molecule has 1 fully saturated rings. The van der Waals surface area contributed by atoms with Gasteiger partial charge in [-0.25, -0.2) is 9.98 Å². The maximum absolute atomic E-state index is 12.5. The first-order valence-corrected chi connectivity index (χ1v) is 8.99. The Hall–Kier alpha value is -2.63. The van der Waals surface area contributed by atoms with Gasteiger partial charge in [-0.15, -0.1) is 0 Å². The van der Waals surface area contributed by atoms with Gasteiger partial charge >= 0.3 is 0 Å². The van der Waals surface area contributed by atoms with E-state index in [1.165, 1.54) is 25.7 Å². The number of carbonyl (C=O) groups excluding carboxylic acids is 1. The zero-order valence-corrected chi connectivity index (χ0v) is 14.5. The lowest BCUT2D eigenvalue weighted by atomic mass is 10.1. The van der Waals surface area contributed by atoms with Crippen molar-refractivity contribution in [2.75, 3.05) is 7.05 Å². The smallest absolute Gasteiger partial charge is 0.279 e. The third kappa shape index (κ3) is 3.29. The predicted molar refractivity (Wildman–Crippen MR) is 98.9 cm³/mol. The monoisotopic (exact) mass is 337 g/mol. The number of hydrogen-bond acceptors (Lipinski definition) is 4. The Morgan fingerprint density at radius 2 is 2.04 bits per heavy atom. The lowest BCUT2D eigenvalue weighted by Gasteiger charge is -2.20. The standard InChI is InChI=1S/C19H23N5O/c1-24-18(25)17(11-13-8-9-15-16(10-13)21-12-20-15)23-19(24)22-14-6-4-2-3-5-7-14/h8-12,14H,2-7H2,1H3,(H,20,21)(H,22,23)/b17-11-. The van der Waals surface area contributed by atoms with Gasteiger partial charge in [0.1, 0.15) is 5.70 Å². The van der Waals surface area contributed by atoms with Crippen molar-refractivity contribution in [2.24, 2.45) is 4.99 Å². The summed E-state index contributed by atoms with van der Waals surface area (Å²) in [6, 6.07) is 6.30. The number of aliphatic imine (C=N–C) groups is 1. The molecule has 2 N–H and O–H groups in total. The molecule has 130 valence electrons. The molecule has 0 bridgehead atoms. The zero-order valence-electron chi connectivity index (χ0n) is 14.5. The highest BCUT2D eigenvalue weighted by Crippen LogP contribution is 2.21. The number of aromatic amines is 1. The maximum atomic E-state index is 12.5. The first-order chi connectivity index (χ1) is 12.2. The topological polar surface area (TPSA) is 73.4 Å². The van der Waals surface area contributed by atoms with Gasteiger partial charge in [-0.1, -0.05) is 31.7 Å². The van der Waals surface area contributed by atoms with Gasteiger partial charge in [0.2, 0.25) is 5.96 Å². The normalized spacial score (nSPS) is 21.0. The van der Waals surface area contributed by atoms with Crippen LogP contribution in [0, 0.1) is 0 Å². The molecule has 1 aromatic carbocycles. The molecular weight excluding hydrogens is 314 g/mol. The van der Waals surface area contributed by atoms with E-state index in [9.17, 15) is 4.79 Å². The molecule has 25 heavy (non-hydrogen) atoms. The number of nitrogens with zero attached hydrogens (tertiary/aromatic N) is 3. The summed E-state index contributed by atoms with van der Waals surface area (Å²) < 4.78 is 0. The summed E-state index contributed by atoms with van der Waals surface area (Å²) in [7, 11) is 1.78. The van der Waals surface area contributed by atoms with Gasteiger partial charge in [0.25, 0.3) is 5.91 Å². The summed E-state index contributed by atoms with van der Waals surface area (Å²) in [6.07, 6.45) is 10.9. The van der Waals surface area contributed by atoms with E-state index in [1.54, 1.807) is 18.3 Å². The molecule has 4 rings (SSSR count). The van der Waals surface area contributed by atoms with E-state index in [-0.39, 0.29) is 5.91 Å². The van der Waals surface area contributed by atoms with Crippen LogP contribution in [-0.2, 0) is 4.79 Å². The van der Waals surface area contributed by atoms with E-state index in [2.05, 4.69) is 20.3 Å². The van der Waals surface area contributed by atoms with E-state index in [4.69, 9.17) is 0 Å². The van der Waals surface area contributed by atoms with Crippen molar-refractivity contribution >= 4 is 29.0 Å². The summed E-state index contributed by atoms with van der Waals surface area (Å²) >= 11 is 0. The van der Waals surface area contributed by atoms with Crippen LogP contribution in [0.1, 0.15) is 44.1 Å². The second kappa shape index (κ2) is 6.70. The van der Waals surface area contributed by atoms with E-state index in [0.29, 0.717) is 17.7 Å². The Morgan fingerprint density at radius 3 is 2.84 bits per heavy atom. The Balaban J connectivity index is 1.56. The number of aromatic nitrogens is 2. The van der Waals surface area contributed by atoms with E-state index < -0.39 is 0 Å². The molecule has 6 nitrogen and oxygen atoms in total. The molecule has 1 aliphatic heterocycles. The third-order valence-electron chi connectivity index (χ3n) is 5.01. The number of nitrogens with one attached hydrogen (secondary N) is 2. The van der Waals surface area contributed by atoms with Gasteiger partial charge in [-0.05, 0) is 36.6 Å². The van der Waals surface area contributed by atoms with Crippen molar-refractivity contribution in [3.05, 3.63) is 35.8 Å². The quantitative estimate of drug-likeness (QED) is 0.653. The molecule has 1 amide bonds. The van der Waals surface area contributed by atoms with E-state index in [1.807, 2.05) is 24.3 Å². The molecule has 1 aliphatic carbocycles. The lowest BCUT2D eigenvalue weighted by molar-refractivity contribution is -0.121. The van der Waals surface area contributed by atoms with Crippen LogP contribution in [0.2, 0.25) is 0 Å². The minimum atomic E-state index is -0.0711. The van der Waals surface area contributed by atoms with E-state index in [0.717, 1.165) is 29.4 Å². The summed E-state index contributed by atoms with van der Waals surface area (Å²) in [5, 5.41) is 3.48. The van der Waals surface area contributed by atoms with Crippen LogP contribution in [0.15, 0.2) is 35.2 Å². The predicted octanol–water partition coefficient (Wildman–Crippen LogP) is 3.04. The van der Waals surface area contributed by atoms with Crippen molar-refractivity contribution in [1.82, 2.24) is 20.2 Å². The van der Waals surface area contributed by atoms with Crippen molar-refractivity contribution in [1.29, 1.82) is 0 Å². The van der Waals surface area contributed by atoms with Crippen LogP contribution in [0.5, 0.6) is 0 Å². The summed E-state index contributed by atoms with van der Waals surface area (Å²) in [5.74, 6) is 0.599. The largest absolute Gasteiger partial charge is 0.353 e. The number of guanidine groups is 1. The molecule has 2 aliphatic rings. The molecule has 1 aromatic heterocycles. The van der Waals surface area contributed by atoms with Gasteiger partial charge in [0.15, 0.2) is 0 Å². The number of H-pyrrole nitrogens is 1. The molecule has 0 unspecified atom stereocenters. The highest BCUT2D eigenvalue weighted by atomic mass is 16.2. The average Bonchev–Trinajstić information content (AvgIpc) is 3.06. The maximum Gasteiger partial charge on any atom is 0.279 e. The van der Waals surface area contributed by atoms with Crippen LogP contribution in [0.4, 0.5) is 0 Å². The number of hydrogen-bond donors (Lipinski definition) is 2. The van der Waals surface area contributed by atoms with Gasteiger partial charge in [-0.2, -0.15) is 0 Å². The summed E-state index contributed by atoms with van der Waals surface area (Å²) in [6.45, 7) is 0. The fourth-order valence-electron chi connectivity index (χ4n) is 3.53. The number of imidazole rings is 1. The zero-order chi connectivity index (χ0) is 17.2. The average molecular weight is 337 g/mol. The third-order valence-corrected chi connectivity index (χ3v) is 5.01. The van der Waals surface area contributed by atoms with Gasteiger partial charge < -0.3 is 10.3 Å². The minimum absolute atomic E-state index is 0.0711. The van der Waals surface area contributed by atoms with Crippen LogP contribution in [0.3, 0.4) is 0 Å². The number of carbonyl (C=O) groups is 1. The van der Waals surface area contributed by atoms with Crippen molar-refractivity contribution in [2.45, 2.75) is 44.6 Å². The number of rotatable bonds is 2. The fourth-order valence-corrected chi connectivity index (χ4v) is 3.53. The molecule has 0 saturated heterocycles. The van der Waals surface area contributed by atoms with Gasteiger partial charge in [0.05, 0.1) is 17.4 Å². The molecule has 0 radical (unpaired) electrons. The second-order valence-corrected chi connectivity index (χ2v) is 6.84. The molecule has 2 aromatic rings. The van der Waals surface area contributed by atoms with Crippen LogP contribution < -0.4 is 5.32 Å². The molecule has 0 spiro atoms. The van der Waals surface area contributed by atoms with Crippen molar-refractivity contribution < 1.29 is 4.79 Å². The number of fused-ring (bicyclic) bond motifs is 1. The first-order valence-electron chi connectivity index (χ1n) is 8.99. The molecular formula is C19H23N5O. The van der Waals surface area contributed by atoms with E-state index >= 15 is 0 Å². The van der Waals surface area contributed by atoms with Gasteiger partial charge in [-0.3, -0.25) is 9.69 Å². The Morgan fingerprint density at radius 1 is 1.24 bits per heavy atom. The van der Waals surface area contributed by atoms with Crippen molar-refractivity contribution in [3.63, 3.8) is 0 Å². The van der Waals surface area contributed by atoms with Gasteiger partial charge in [0, 0.05) is 13.1 Å². The Bertz CT molecular complexity index is 842. The summed E-state index contributed by atoms with van der Waals surface area (Å²) in [5.41, 5.74) is 3.26. The minimum Gasteiger partial charge on any atom is -0.353 e. The lowest BCUT2D eigenvalue weighted by Crippen LogP contribution is -2.43. The SMILES string of the molecule is CN1C(=O)/C(=C/c2ccc3[nH]cnc3c2)N=C1NC1CCCCCC1. The van der Waals surface area contributed by atoms with Crippen molar-refractivity contribution in [3.8, 4) is 0 Å².